The number of aromatic nitrogens is 4. The van der Waals surface area contributed by atoms with Crippen LogP contribution in [-0.2, 0) is 0 Å². The molecule has 0 saturated carbocycles. The van der Waals surface area contributed by atoms with Crippen LogP contribution >= 0.6 is 0 Å². The van der Waals surface area contributed by atoms with Crippen LogP contribution in [0.5, 0.6) is 0 Å². The Morgan fingerprint density at radius 2 is 0.882 bits per heavy atom. The van der Waals surface area contributed by atoms with Crippen LogP contribution in [0, 0.1) is 0 Å². The summed E-state index contributed by atoms with van der Waals surface area (Å²) in [6, 6.07) is 61.9. The third kappa shape index (κ3) is 4.96. The fourth-order valence-electron chi connectivity index (χ4n) is 7.43. The zero-order valence-corrected chi connectivity index (χ0v) is 27.6. The zero-order valence-electron chi connectivity index (χ0n) is 27.6. The third-order valence-electron chi connectivity index (χ3n) is 9.88. The Labute approximate surface area is 295 Å². The number of nitrogens with zero attached hydrogens (tertiary/aromatic N) is 4. The van der Waals surface area contributed by atoms with Crippen LogP contribution < -0.4 is 0 Å². The van der Waals surface area contributed by atoms with Gasteiger partial charge < -0.3 is 4.57 Å². The Morgan fingerprint density at radius 3 is 1.51 bits per heavy atom. The van der Waals surface area contributed by atoms with Gasteiger partial charge in [0.1, 0.15) is 0 Å². The van der Waals surface area contributed by atoms with E-state index in [0.717, 1.165) is 55.8 Å². The summed E-state index contributed by atoms with van der Waals surface area (Å²) < 4.78 is 2.34. The van der Waals surface area contributed by atoms with Gasteiger partial charge in [0.05, 0.1) is 28.1 Å². The molecule has 0 N–H and O–H groups in total. The molecule has 0 amide bonds. The molecule has 51 heavy (non-hydrogen) atoms. The van der Waals surface area contributed by atoms with Gasteiger partial charge in [0, 0.05) is 44.9 Å². The lowest BCUT2D eigenvalue weighted by Gasteiger charge is -2.14. The molecule has 3 heterocycles. The van der Waals surface area contributed by atoms with E-state index < -0.39 is 0 Å². The fourth-order valence-corrected chi connectivity index (χ4v) is 7.43. The molecule has 0 aliphatic carbocycles. The minimum atomic E-state index is 0.699. The van der Waals surface area contributed by atoms with Crippen molar-refractivity contribution in [2.24, 2.45) is 0 Å². The molecular weight excluding hydrogens is 621 g/mol. The van der Waals surface area contributed by atoms with Crippen molar-refractivity contribution in [3.8, 4) is 50.8 Å². The van der Waals surface area contributed by atoms with Gasteiger partial charge in [0.25, 0.3) is 0 Å². The molecule has 0 aliphatic heterocycles. The molecule has 10 aromatic rings. The first-order valence-corrected chi connectivity index (χ1v) is 17.2. The van der Waals surface area contributed by atoms with Crippen LogP contribution in [0.3, 0.4) is 0 Å². The van der Waals surface area contributed by atoms with Crippen molar-refractivity contribution < 1.29 is 0 Å². The normalized spacial score (nSPS) is 11.5. The Balaban J connectivity index is 1.14. The lowest BCUT2D eigenvalue weighted by Crippen LogP contribution is -1.98. The standard InChI is InChI=1S/C47H30N4/c1-2-12-36-34(11-1)29-41(38-14-4-3-13-37(36)38)47-49-43(32-22-20-31(21-23-32)42-17-9-10-28-48-42)30-44(50-47)33-24-26-35(27-25-33)51-45-18-7-5-15-39(45)40-16-6-8-19-46(40)51/h1-30H. The highest BCUT2D eigenvalue weighted by Crippen LogP contribution is 2.37. The van der Waals surface area contributed by atoms with Crippen molar-refractivity contribution in [1.82, 2.24) is 19.5 Å². The summed E-state index contributed by atoms with van der Waals surface area (Å²) in [5.41, 5.74) is 10.3. The number of hydrogen-bond acceptors (Lipinski definition) is 3. The van der Waals surface area contributed by atoms with Crippen LogP contribution in [0.4, 0.5) is 0 Å². The lowest BCUT2D eigenvalue weighted by atomic mass is 9.96. The molecule has 0 atom stereocenters. The minimum Gasteiger partial charge on any atom is -0.309 e. The van der Waals surface area contributed by atoms with Gasteiger partial charge in [-0.1, -0.05) is 127 Å². The highest BCUT2D eigenvalue weighted by molar-refractivity contribution is 6.13. The van der Waals surface area contributed by atoms with Crippen molar-refractivity contribution in [1.29, 1.82) is 0 Å². The molecule has 4 heteroatoms. The van der Waals surface area contributed by atoms with Crippen molar-refractivity contribution in [2.45, 2.75) is 0 Å². The summed E-state index contributed by atoms with van der Waals surface area (Å²) >= 11 is 0. The molecule has 0 bridgehead atoms. The summed E-state index contributed by atoms with van der Waals surface area (Å²) in [4.78, 5) is 15.1. The van der Waals surface area contributed by atoms with E-state index >= 15 is 0 Å². The highest BCUT2D eigenvalue weighted by atomic mass is 15.0. The van der Waals surface area contributed by atoms with Crippen molar-refractivity contribution >= 4 is 43.4 Å². The predicted molar refractivity (Wildman–Crippen MR) is 211 cm³/mol. The topological polar surface area (TPSA) is 43.6 Å². The van der Waals surface area contributed by atoms with Crippen LogP contribution in [0.15, 0.2) is 182 Å². The molecule has 0 fully saturated rings. The second-order valence-electron chi connectivity index (χ2n) is 12.9. The smallest absolute Gasteiger partial charge is 0.161 e. The van der Waals surface area contributed by atoms with Crippen LogP contribution in [0.25, 0.3) is 94.2 Å². The Morgan fingerprint density at radius 1 is 0.373 bits per heavy atom. The average Bonchev–Trinajstić information content (AvgIpc) is 3.55. The van der Waals surface area contributed by atoms with Crippen LogP contribution in [0.1, 0.15) is 0 Å². The largest absolute Gasteiger partial charge is 0.309 e. The Hall–Kier alpha value is -6.91. The average molecular weight is 651 g/mol. The molecule has 0 spiro atoms. The molecule has 10 rings (SSSR count). The molecule has 0 aliphatic rings. The van der Waals surface area contributed by atoms with Crippen LogP contribution in [0.2, 0.25) is 0 Å². The van der Waals surface area contributed by atoms with Crippen molar-refractivity contribution in [3.05, 3.63) is 182 Å². The fraction of sp³-hybridized carbons (Fsp3) is 0. The first-order chi connectivity index (χ1) is 25.3. The molecule has 0 radical (unpaired) electrons. The first kappa shape index (κ1) is 29.0. The number of para-hydroxylation sites is 2. The summed E-state index contributed by atoms with van der Waals surface area (Å²) in [5, 5.41) is 7.21. The zero-order chi connectivity index (χ0) is 33.7. The maximum absolute atomic E-state index is 5.29. The van der Waals surface area contributed by atoms with Crippen molar-refractivity contribution in [3.63, 3.8) is 0 Å². The Bertz CT molecular complexity index is 2840. The van der Waals surface area contributed by atoms with Gasteiger partial charge in [-0.2, -0.15) is 0 Å². The molecular formula is C47H30N4. The quantitative estimate of drug-likeness (QED) is 0.174. The van der Waals surface area contributed by atoms with Gasteiger partial charge in [-0.25, -0.2) is 9.97 Å². The third-order valence-corrected chi connectivity index (χ3v) is 9.88. The molecule has 238 valence electrons. The summed E-state index contributed by atoms with van der Waals surface area (Å²) in [6.07, 6.45) is 1.83. The predicted octanol–water partition coefficient (Wildman–Crippen LogP) is 11.9. The van der Waals surface area contributed by atoms with E-state index in [9.17, 15) is 0 Å². The monoisotopic (exact) mass is 650 g/mol. The van der Waals surface area contributed by atoms with E-state index in [1.54, 1.807) is 0 Å². The van der Waals surface area contributed by atoms with Gasteiger partial charge in [-0.15, -0.1) is 0 Å². The second-order valence-corrected chi connectivity index (χ2v) is 12.9. The second kappa shape index (κ2) is 11.9. The van der Waals surface area contributed by atoms with E-state index in [1.165, 1.54) is 32.6 Å². The highest BCUT2D eigenvalue weighted by Gasteiger charge is 2.16. The van der Waals surface area contributed by atoms with Gasteiger partial charge in [0.2, 0.25) is 0 Å². The van der Waals surface area contributed by atoms with Gasteiger partial charge in [-0.3, -0.25) is 4.98 Å². The SMILES string of the molecule is c1ccc(-c2ccc(-c3cc(-c4ccc(-n5c6ccccc6c6ccccc65)cc4)nc(-c4cc5ccccc5c5ccccc45)n3)cc2)nc1. The van der Waals surface area contributed by atoms with Crippen molar-refractivity contribution in [2.75, 3.05) is 0 Å². The van der Waals surface area contributed by atoms with E-state index in [-0.39, 0.29) is 0 Å². The van der Waals surface area contributed by atoms with E-state index in [0.29, 0.717) is 5.82 Å². The molecule has 7 aromatic carbocycles. The molecule has 0 saturated heterocycles. The number of hydrogen-bond donors (Lipinski definition) is 0. The molecule has 4 nitrogen and oxygen atoms in total. The van der Waals surface area contributed by atoms with E-state index in [1.807, 2.05) is 24.4 Å². The van der Waals surface area contributed by atoms with Gasteiger partial charge in [0.15, 0.2) is 5.82 Å². The Kier molecular flexibility index (Phi) is 6.78. The van der Waals surface area contributed by atoms with Gasteiger partial charge in [-0.05, 0) is 70.1 Å². The summed E-state index contributed by atoms with van der Waals surface area (Å²) in [7, 11) is 0. The number of fused-ring (bicyclic) bond motifs is 6. The minimum absolute atomic E-state index is 0.699. The summed E-state index contributed by atoms with van der Waals surface area (Å²) in [6.45, 7) is 0. The lowest BCUT2D eigenvalue weighted by molar-refractivity contribution is 1.17. The summed E-state index contributed by atoms with van der Waals surface area (Å²) in [5.74, 6) is 0.699. The molecule has 3 aromatic heterocycles. The number of benzene rings is 7. The van der Waals surface area contributed by atoms with Crippen LogP contribution in [-0.4, -0.2) is 19.5 Å². The molecule has 0 unspecified atom stereocenters. The first-order valence-electron chi connectivity index (χ1n) is 17.2. The van der Waals surface area contributed by atoms with Gasteiger partial charge >= 0.3 is 0 Å². The number of rotatable bonds is 5. The maximum atomic E-state index is 5.29. The van der Waals surface area contributed by atoms with E-state index in [4.69, 9.17) is 9.97 Å². The van der Waals surface area contributed by atoms with E-state index in [2.05, 4.69) is 167 Å². The number of pyridine rings is 1. The maximum Gasteiger partial charge on any atom is 0.161 e.